The van der Waals surface area contributed by atoms with Crippen LogP contribution in [0.3, 0.4) is 0 Å². The first-order valence-corrected chi connectivity index (χ1v) is 13.0. The van der Waals surface area contributed by atoms with Crippen LogP contribution in [0.25, 0.3) is 11.0 Å². The average Bonchev–Trinajstić information content (AvgIpc) is 3.55. The van der Waals surface area contributed by atoms with E-state index in [2.05, 4.69) is 10.3 Å². The highest BCUT2D eigenvalue weighted by atomic mass is 35.5. The maximum absolute atomic E-state index is 13.3. The average molecular weight is 536 g/mol. The van der Waals surface area contributed by atoms with Crippen LogP contribution in [0.4, 0.5) is 0 Å². The number of aromatic amines is 1. The van der Waals surface area contributed by atoms with Gasteiger partial charge in [-0.2, -0.15) is 0 Å². The number of carbonyl (C=O) groups excluding carboxylic acids is 2. The summed E-state index contributed by atoms with van der Waals surface area (Å²) in [6.45, 7) is 1.07. The monoisotopic (exact) mass is 535 g/mol. The second-order valence-corrected chi connectivity index (χ2v) is 10.1. The molecule has 3 aromatic carbocycles. The first-order valence-electron chi connectivity index (χ1n) is 12.2. The van der Waals surface area contributed by atoms with E-state index in [4.69, 9.17) is 33.9 Å². The fraction of sp³-hybridized carbons (Fsp3) is 0.250. The summed E-state index contributed by atoms with van der Waals surface area (Å²) in [5, 5.41) is 3.92. The van der Waals surface area contributed by atoms with E-state index < -0.39 is 6.04 Å². The number of benzene rings is 3. The molecule has 1 aromatic heterocycles. The van der Waals surface area contributed by atoms with Gasteiger partial charge in [0.2, 0.25) is 0 Å². The Balaban J connectivity index is 1.39. The number of carbonyl (C=O) groups is 2. The van der Waals surface area contributed by atoms with Gasteiger partial charge in [0.05, 0.1) is 27.7 Å². The van der Waals surface area contributed by atoms with Crippen molar-refractivity contribution in [2.45, 2.75) is 31.3 Å². The van der Waals surface area contributed by atoms with Crippen molar-refractivity contribution in [3.8, 4) is 0 Å². The first kappa shape index (κ1) is 25.3. The molecule has 4 aromatic rings. The predicted octanol–water partition coefficient (Wildman–Crippen LogP) is 5.15. The summed E-state index contributed by atoms with van der Waals surface area (Å²) in [6, 6.07) is 19.6. The quantitative estimate of drug-likeness (QED) is 0.304. The molecular weight excluding hydrogens is 509 g/mol. The van der Waals surface area contributed by atoms with E-state index in [1.54, 1.807) is 29.2 Å². The third kappa shape index (κ3) is 5.49. The van der Waals surface area contributed by atoms with Gasteiger partial charge in [0.15, 0.2) is 0 Å². The second kappa shape index (κ2) is 10.9. The van der Waals surface area contributed by atoms with Crippen LogP contribution >= 0.6 is 23.2 Å². The van der Waals surface area contributed by atoms with E-state index in [1.165, 1.54) is 6.07 Å². The lowest BCUT2D eigenvalue weighted by molar-refractivity contribution is 0.0740. The third-order valence-corrected chi connectivity index (χ3v) is 7.30. The highest BCUT2D eigenvalue weighted by Crippen LogP contribution is 2.26. The minimum Gasteiger partial charge on any atom is -0.342 e. The number of hydrogen-bond donors (Lipinski definition) is 3. The number of imidazole rings is 1. The van der Waals surface area contributed by atoms with Crippen LogP contribution in [-0.4, -0.2) is 45.8 Å². The lowest BCUT2D eigenvalue weighted by atomic mass is 10.0. The smallest absolute Gasteiger partial charge is 0.255 e. The molecule has 5 rings (SSSR count). The summed E-state index contributed by atoms with van der Waals surface area (Å²) in [7, 11) is 0. The molecule has 0 saturated carbocycles. The molecule has 4 N–H and O–H groups in total. The van der Waals surface area contributed by atoms with Crippen LogP contribution in [0.5, 0.6) is 0 Å². The van der Waals surface area contributed by atoms with Crippen LogP contribution in [0, 0.1) is 0 Å². The molecule has 7 nitrogen and oxygen atoms in total. The number of nitrogens with zero attached hydrogens (tertiary/aromatic N) is 2. The van der Waals surface area contributed by atoms with Crippen molar-refractivity contribution in [1.29, 1.82) is 0 Å². The topological polar surface area (TPSA) is 104 Å². The van der Waals surface area contributed by atoms with E-state index in [0.29, 0.717) is 41.5 Å². The molecule has 0 aliphatic carbocycles. The molecule has 1 saturated heterocycles. The van der Waals surface area contributed by atoms with Crippen LogP contribution in [0.15, 0.2) is 66.7 Å². The van der Waals surface area contributed by atoms with Crippen molar-refractivity contribution in [3.05, 3.63) is 99.3 Å². The fourth-order valence-corrected chi connectivity index (χ4v) is 5.24. The number of halogens is 2. The number of fused-ring (bicyclic) bond motifs is 1. The number of nitrogens with one attached hydrogen (secondary N) is 2. The lowest BCUT2D eigenvalue weighted by Crippen LogP contribution is -2.40. The van der Waals surface area contributed by atoms with Gasteiger partial charge >= 0.3 is 0 Å². The van der Waals surface area contributed by atoms with E-state index in [1.807, 2.05) is 36.4 Å². The summed E-state index contributed by atoms with van der Waals surface area (Å²) < 4.78 is 0. The number of amides is 2. The largest absolute Gasteiger partial charge is 0.342 e. The molecule has 0 spiro atoms. The maximum Gasteiger partial charge on any atom is 0.255 e. The lowest BCUT2D eigenvalue weighted by Gasteiger charge is -2.24. The molecule has 2 amide bonds. The normalized spacial score (nSPS) is 16.2. The van der Waals surface area contributed by atoms with Gasteiger partial charge in [-0.1, -0.05) is 53.5 Å². The van der Waals surface area contributed by atoms with Crippen LogP contribution in [0.2, 0.25) is 10.0 Å². The van der Waals surface area contributed by atoms with E-state index in [-0.39, 0.29) is 22.9 Å². The van der Waals surface area contributed by atoms with E-state index in [0.717, 1.165) is 29.4 Å². The highest BCUT2D eigenvalue weighted by Gasteiger charge is 2.30. The van der Waals surface area contributed by atoms with Gasteiger partial charge in [-0.15, -0.1) is 0 Å². The highest BCUT2D eigenvalue weighted by molar-refractivity contribution is 6.34. The standard InChI is InChI=1S/C28H27Cl2N5O2/c29-19-9-11-23-24(15-19)33-26(32-23)25(13-17-5-2-1-3-6-17)34-27(36)18-8-10-21(22(30)14-18)28(37)35-12-4-7-20(35)16-31/h1-3,5-6,8-11,14-15,20,25H,4,7,12-13,16,31H2,(H,32,33)(H,34,36). The minimum absolute atomic E-state index is 0.0176. The Labute approximate surface area is 225 Å². The number of hydrogen-bond acceptors (Lipinski definition) is 4. The molecule has 0 radical (unpaired) electrons. The zero-order valence-corrected chi connectivity index (χ0v) is 21.6. The second-order valence-electron chi connectivity index (χ2n) is 9.22. The summed E-state index contributed by atoms with van der Waals surface area (Å²) in [6.07, 6.45) is 2.33. The van der Waals surface area contributed by atoms with Crippen molar-refractivity contribution >= 4 is 46.0 Å². The zero-order valence-electron chi connectivity index (χ0n) is 20.1. The number of aromatic nitrogens is 2. The Hall–Kier alpha value is -3.39. The minimum atomic E-state index is -0.434. The summed E-state index contributed by atoms with van der Waals surface area (Å²) in [5.41, 5.74) is 9.15. The Kier molecular flexibility index (Phi) is 7.46. The molecule has 2 unspecified atom stereocenters. The van der Waals surface area contributed by atoms with Gasteiger partial charge < -0.3 is 20.9 Å². The van der Waals surface area contributed by atoms with Crippen LogP contribution < -0.4 is 11.1 Å². The number of nitrogens with two attached hydrogens (primary N) is 1. The van der Waals surface area contributed by atoms with E-state index in [9.17, 15) is 9.59 Å². The van der Waals surface area contributed by atoms with Crippen molar-refractivity contribution in [1.82, 2.24) is 20.2 Å². The van der Waals surface area contributed by atoms with Crippen molar-refractivity contribution < 1.29 is 9.59 Å². The zero-order chi connectivity index (χ0) is 25.9. The summed E-state index contributed by atoms with van der Waals surface area (Å²) in [4.78, 5) is 36.1. The molecule has 2 heterocycles. The molecule has 37 heavy (non-hydrogen) atoms. The Morgan fingerprint density at radius 1 is 1.11 bits per heavy atom. The number of likely N-dealkylation sites (tertiary alicyclic amines) is 1. The van der Waals surface area contributed by atoms with E-state index >= 15 is 0 Å². The number of rotatable bonds is 7. The fourth-order valence-electron chi connectivity index (χ4n) is 4.81. The summed E-state index contributed by atoms with van der Waals surface area (Å²) in [5.74, 6) is 0.142. The Morgan fingerprint density at radius 2 is 1.92 bits per heavy atom. The molecule has 0 bridgehead atoms. The van der Waals surface area contributed by atoms with Gasteiger partial charge in [-0.05, 0) is 61.2 Å². The molecule has 1 fully saturated rings. The van der Waals surface area contributed by atoms with Gasteiger partial charge in [0, 0.05) is 29.7 Å². The Morgan fingerprint density at radius 3 is 2.68 bits per heavy atom. The van der Waals surface area contributed by atoms with Gasteiger partial charge in [-0.3, -0.25) is 9.59 Å². The predicted molar refractivity (Wildman–Crippen MR) is 146 cm³/mol. The van der Waals surface area contributed by atoms with Gasteiger partial charge in [0.25, 0.3) is 11.8 Å². The molecule has 1 aliphatic rings. The SMILES string of the molecule is NCC1CCCN1C(=O)c1ccc(C(=O)NC(Cc2ccccc2)c2nc3ccc(Cl)cc3[nH]2)cc1Cl. The molecule has 9 heteroatoms. The van der Waals surface area contributed by atoms with Crippen LogP contribution in [-0.2, 0) is 6.42 Å². The van der Waals surface area contributed by atoms with Gasteiger partial charge in [0.1, 0.15) is 5.82 Å². The maximum atomic E-state index is 13.3. The molecule has 1 aliphatic heterocycles. The Bertz CT molecular complexity index is 1440. The first-order chi connectivity index (χ1) is 17.9. The van der Waals surface area contributed by atoms with Gasteiger partial charge in [-0.25, -0.2) is 4.98 Å². The number of H-pyrrole nitrogens is 1. The van der Waals surface area contributed by atoms with Crippen LogP contribution in [0.1, 0.15) is 51.0 Å². The third-order valence-electron chi connectivity index (χ3n) is 6.75. The van der Waals surface area contributed by atoms with Crippen molar-refractivity contribution in [2.75, 3.05) is 13.1 Å². The summed E-state index contributed by atoms with van der Waals surface area (Å²) >= 11 is 12.6. The molecule has 190 valence electrons. The molecular formula is C28H27Cl2N5O2. The molecule has 2 atom stereocenters. The van der Waals surface area contributed by atoms with Crippen molar-refractivity contribution in [2.24, 2.45) is 5.73 Å². The van der Waals surface area contributed by atoms with Crippen molar-refractivity contribution in [3.63, 3.8) is 0 Å².